The molecular formula is C8H4Cl3NS. The van der Waals surface area contributed by atoms with Crippen molar-refractivity contribution >= 4 is 57.2 Å². The highest BCUT2D eigenvalue weighted by atomic mass is 35.5. The molecule has 1 nitrogen and oxygen atoms in total. The Bertz CT molecular complexity index is 478. The van der Waals surface area contributed by atoms with Gasteiger partial charge in [-0.3, -0.25) is 0 Å². The molecule has 0 amide bonds. The number of hydrogen-bond acceptors (Lipinski definition) is 2. The van der Waals surface area contributed by atoms with Crippen molar-refractivity contribution < 1.29 is 0 Å². The van der Waals surface area contributed by atoms with E-state index in [0.29, 0.717) is 14.4 Å². The van der Waals surface area contributed by atoms with Crippen LogP contribution in [0.3, 0.4) is 0 Å². The Morgan fingerprint density at radius 1 is 1.23 bits per heavy atom. The number of aryl methyl sites for hydroxylation is 1. The third-order valence-corrected chi connectivity index (χ3v) is 3.58. The second-order valence-electron chi connectivity index (χ2n) is 2.65. The molecule has 0 fully saturated rings. The van der Waals surface area contributed by atoms with Gasteiger partial charge in [0.05, 0.1) is 5.02 Å². The van der Waals surface area contributed by atoms with Crippen LogP contribution in [0.5, 0.6) is 0 Å². The van der Waals surface area contributed by atoms with Crippen LogP contribution in [-0.2, 0) is 0 Å². The Kier molecular flexibility index (Phi) is 2.41. The van der Waals surface area contributed by atoms with Crippen molar-refractivity contribution in [3.05, 3.63) is 26.0 Å². The second-order valence-corrected chi connectivity index (χ2v) is 4.83. The Labute approximate surface area is 94.4 Å². The summed E-state index contributed by atoms with van der Waals surface area (Å²) >= 11 is 19.1. The highest BCUT2D eigenvalue weighted by molar-refractivity contribution is 7.12. The third kappa shape index (κ3) is 1.42. The molecule has 2 rings (SSSR count). The van der Waals surface area contributed by atoms with Crippen LogP contribution in [0.15, 0.2) is 6.07 Å². The van der Waals surface area contributed by atoms with Crippen molar-refractivity contribution in [1.82, 2.24) is 4.37 Å². The zero-order valence-electron chi connectivity index (χ0n) is 6.57. The van der Waals surface area contributed by atoms with E-state index in [1.54, 1.807) is 6.07 Å². The van der Waals surface area contributed by atoms with Gasteiger partial charge >= 0.3 is 0 Å². The van der Waals surface area contributed by atoms with Gasteiger partial charge in [-0.2, -0.15) is 4.37 Å². The average Bonchev–Trinajstić information content (AvgIpc) is 2.44. The number of benzene rings is 1. The smallest absolute Gasteiger partial charge is 0.122 e. The van der Waals surface area contributed by atoms with E-state index in [0.717, 1.165) is 16.5 Å². The van der Waals surface area contributed by atoms with Crippen LogP contribution < -0.4 is 0 Å². The lowest BCUT2D eigenvalue weighted by atomic mass is 10.1. The lowest BCUT2D eigenvalue weighted by molar-refractivity contribution is 1.52. The topological polar surface area (TPSA) is 12.9 Å². The maximum Gasteiger partial charge on any atom is 0.122 e. The lowest BCUT2D eigenvalue weighted by Crippen LogP contribution is -1.79. The zero-order valence-corrected chi connectivity index (χ0v) is 9.65. The lowest BCUT2D eigenvalue weighted by Gasteiger charge is -2.00. The summed E-state index contributed by atoms with van der Waals surface area (Å²) in [6.45, 7) is 1.90. The fourth-order valence-corrected chi connectivity index (χ4v) is 2.76. The maximum absolute atomic E-state index is 5.96. The predicted molar refractivity (Wildman–Crippen MR) is 59.4 cm³/mol. The highest BCUT2D eigenvalue weighted by Crippen LogP contribution is 2.37. The number of aromatic nitrogens is 1. The molecule has 0 radical (unpaired) electrons. The van der Waals surface area contributed by atoms with E-state index in [2.05, 4.69) is 4.37 Å². The number of hydrogen-bond donors (Lipinski definition) is 0. The normalized spacial score (nSPS) is 11.1. The fraction of sp³-hybridized carbons (Fsp3) is 0.125. The molecule has 0 bridgehead atoms. The molecule has 68 valence electrons. The Morgan fingerprint density at radius 2 is 1.92 bits per heavy atom. The predicted octanol–water partition coefficient (Wildman–Crippen LogP) is 4.56. The van der Waals surface area contributed by atoms with Crippen LogP contribution in [0, 0.1) is 6.92 Å². The molecular weight excluding hydrogens is 249 g/mol. The van der Waals surface area contributed by atoms with Crippen LogP contribution in [0.25, 0.3) is 10.9 Å². The summed E-state index contributed by atoms with van der Waals surface area (Å²) in [6, 6.07) is 1.69. The molecule has 0 aliphatic carbocycles. The summed E-state index contributed by atoms with van der Waals surface area (Å²) in [5.41, 5.74) is 1.67. The first-order valence-electron chi connectivity index (χ1n) is 3.50. The monoisotopic (exact) mass is 251 g/mol. The van der Waals surface area contributed by atoms with Gasteiger partial charge in [0.15, 0.2) is 0 Å². The third-order valence-electron chi connectivity index (χ3n) is 1.86. The quantitative estimate of drug-likeness (QED) is 0.669. The van der Waals surface area contributed by atoms with Gasteiger partial charge < -0.3 is 0 Å². The van der Waals surface area contributed by atoms with E-state index in [1.807, 2.05) is 6.92 Å². The Hall–Kier alpha value is -0.0200. The summed E-state index contributed by atoms with van der Waals surface area (Å²) in [4.78, 5) is 0. The molecule has 0 aliphatic heterocycles. The molecule has 0 saturated carbocycles. The largest absolute Gasteiger partial charge is 0.190 e. The fourth-order valence-electron chi connectivity index (χ4n) is 1.17. The molecule has 0 unspecified atom stereocenters. The number of halogens is 3. The minimum Gasteiger partial charge on any atom is -0.190 e. The summed E-state index contributed by atoms with van der Waals surface area (Å²) in [5.74, 6) is 0. The highest BCUT2D eigenvalue weighted by Gasteiger charge is 2.12. The molecule has 13 heavy (non-hydrogen) atoms. The minimum absolute atomic E-state index is 0.550. The summed E-state index contributed by atoms with van der Waals surface area (Å²) in [5, 5.41) is 2.04. The van der Waals surface area contributed by atoms with E-state index < -0.39 is 0 Å². The standard InChI is InChI=1S/C8H4Cl3NS/c1-3-4(9)2-5(10)7-6(3)8(11)13-12-7/h2H,1H3. The van der Waals surface area contributed by atoms with Crippen LogP contribution in [0.2, 0.25) is 14.4 Å². The van der Waals surface area contributed by atoms with Crippen molar-refractivity contribution in [2.24, 2.45) is 0 Å². The molecule has 0 saturated heterocycles. The van der Waals surface area contributed by atoms with E-state index in [-0.39, 0.29) is 0 Å². The van der Waals surface area contributed by atoms with E-state index in [1.165, 1.54) is 11.5 Å². The Balaban J connectivity index is 3.00. The van der Waals surface area contributed by atoms with Crippen LogP contribution >= 0.6 is 46.3 Å². The van der Waals surface area contributed by atoms with Gasteiger partial charge in [0, 0.05) is 10.4 Å². The number of fused-ring (bicyclic) bond motifs is 1. The Morgan fingerprint density at radius 3 is 2.62 bits per heavy atom. The van der Waals surface area contributed by atoms with Crippen molar-refractivity contribution in [3.8, 4) is 0 Å². The molecule has 1 aromatic carbocycles. The molecule has 0 atom stereocenters. The van der Waals surface area contributed by atoms with E-state index >= 15 is 0 Å². The van der Waals surface area contributed by atoms with Gasteiger partial charge in [-0.25, -0.2) is 0 Å². The minimum atomic E-state index is 0.550. The van der Waals surface area contributed by atoms with Gasteiger partial charge in [-0.05, 0) is 30.1 Å². The first kappa shape index (κ1) is 9.53. The molecule has 0 spiro atoms. The van der Waals surface area contributed by atoms with Crippen molar-refractivity contribution in [2.45, 2.75) is 6.92 Å². The van der Waals surface area contributed by atoms with E-state index in [9.17, 15) is 0 Å². The second kappa shape index (κ2) is 3.28. The molecule has 1 aromatic heterocycles. The van der Waals surface area contributed by atoms with Crippen LogP contribution in [-0.4, -0.2) is 4.37 Å². The maximum atomic E-state index is 5.96. The first-order chi connectivity index (χ1) is 6.11. The van der Waals surface area contributed by atoms with Crippen molar-refractivity contribution in [3.63, 3.8) is 0 Å². The van der Waals surface area contributed by atoms with E-state index in [4.69, 9.17) is 34.8 Å². The average molecular weight is 253 g/mol. The van der Waals surface area contributed by atoms with Crippen LogP contribution in [0.4, 0.5) is 0 Å². The molecule has 0 N–H and O–H groups in total. The van der Waals surface area contributed by atoms with Gasteiger partial charge in [-0.15, -0.1) is 0 Å². The number of rotatable bonds is 0. The molecule has 2 aromatic rings. The molecule has 1 heterocycles. The molecule has 5 heteroatoms. The summed E-state index contributed by atoms with van der Waals surface area (Å²) in [6.07, 6.45) is 0. The van der Waals surface area contributed by atoms with Gasteiger partial charge in [0.2, 0.25) is 0 Å². The van der Waals surface area contributed by atoms with Gasteiger partial charge in [0.1, 0.15) is 9.85 Å². The number of nitrogens with zero attached hydrogens (tertiary/aromatic N) is 1. The van der Waals surface area contributed by atoms with Crippen LogP contribution in [0.1, 0.15) is 5.56 Å². The zero-order chi connectivity index (χ0) is 9.59. The van der Waals surface area contributed by atoms with Gasteiger partial charge in [0.25, 0.3) is 0 Å². The van der Waals surface area contributed by atoms with Crippen molar-refractivity contribution in [2.75, 3.05) is 0 Å². The first-order valence-corrected chi connectivity index (χ1v) is 5.41. The van der Waals surface area contributed by atoms with Gasteiger partial charge in [-0.1, -0.05) is 34.8 Å². The summed E-state index contributed by atoms with van der Waals surface area (Å²) < 4.78 is 4.77. The SMILES string of the molecule is Cc1c(Cl)cc(Cl)c2nsc(Cl)c12. The molecule has 0 aliphatic rings. The summed E-state index contributed by atoms with van der Waals surface area (Å²) in [7, 11) is 0. The van der Waals surface area contributed by atoms with Crippen molar-refractivity contribution in [1.29, 1.82) is 0 Å².